The summed E-state index contributed by atoms with van der Waals surface area (Å²) < 4.78 is 0. The summed E-state index contributed by atoms with van der Waals surface area (Å²) in [6.07, 6.45) is 5.31. The van der Waals surface area contributed by atoms with E-state index in [4.69, 9.17) is 0 Å². The number of nitrogens with zero attached hydrogens (tertiary/aromatic N) is 3. The van der Waals surface area contributed by atoms with Gasteiger partial charge in [0.2, 0.25) is 0 Å². The standard InChI is InChI=1S/C18H15N3O/c1-21-16-12-6-5-11-15(16)17(18(21)22)20-19-13-7-10-14-8-3-2-4-9-14/h2-13H,1H3/b10-7+,19-13-,20-17+. The largest absolute Gasteiger partial charge is 0.309 e. The molecular formula is C18H15N3O. The van der Waals surface area contributed by atoms with Gasteiger partial charge in [0.05, 0.1) is 5.69 Å². The molecule has 0 atom stereocenters. The van der Waals surface area contributed by atoms with Crippen LogP contribution < -0.4 is 4.90 Å². The second-order valence-corrected chi connectivity index (χ2v) is 4.86. The first-order valence-electron chi connectivity index (χ1n) is 6.97. The molecule has 0 fully saturated rings. The van der Waals surface area contributed by atoms with E-state index < -0.39 is 0 Å². The van der Waals surface area contributed by atoms with Crippen LogP contribution in [0.2, 0.25) is 0 Å². The van der Waals surface area contributed by atoms with Gasteiger partial charge in [0.1, 0.15) is 0 Å². The van der Waals surface area contributed by atoms with Crippen LogP contribution in [0.1, 0.15) is 11.1 Å². The highest BCUT2D eigenvalue weighted by Gasteiger charge is 2.30. The van der Waals surface area contributed by atoms with E-state index in [0.29, 0.717) is 5.71 Å². The van der Waals surface area contributed by atoms with Crippen molar-refractivity contribution in [2.75, 3.05) is 11.9 Å². The highest BCUT2D eigenvalue weighted by molar-refractivity contribution is 6.54. The Hall–Kier alpha value is -3.01. The lowest BCUT2D eigenvalue weighted by atomic mass is 10.1. The SMILES string of the molecule is CN1C(=O)/C(=N/N=C\C=C\c2ccccc2)c2ccccc21. The van der Waals surface area contributed by atoms with Crippen LogP contribution in [-0.2, 0) is 4.79 Å². The number of benzene rings is 2. The van der Waals surface area contributed by atoms with Crippen molar-refractivity contribution in [3.05, 3.63) is 71.8 Å². The monoisotopic (exact) mass is 289 g/mol. The highest BCUT2D eigenvalue weighted by Crippen LogP contribution is 2.27. The van der Waals surface area contributed by atoms with Gasteiger partial charge >= 0.3 is 0 Å². The molecule has 2 aromatic rings. The van der Waals surface area contributed by atoms with Crippen molar-refractivity contribution in [3.8, 4) is 0 Å². The van der Waals surface area contributed by atoms with E-state index in [0.717, 1.165) is 16.8 Å². The third-order valence-electron chi connectivity index (χ3n) is 3.43. The maximum atomic E-state index is 12.2. The lowest BCUT2D eigenvalue weighted by Gasteiger charge is -2.07. The van der Waals surface area contributed by atoms with Crippen molar-refractivity contribution in [2.45, 2.75) is 0 Å². The van der Waals surface area contributed by atoms with E-state index in [1.165, 1.54) is 0 Å². The van der Waals surface area contributed by atoms with E-state index in [1.54, 1.807) is 24.2 Å². The average Bonchev–Trinajstić information content (AvgIpc) is 2.81. The number of carbonyl (C=O) groups is 1. The van der Waals surface area contributed by atoms with Crippen molar-refractivity contribution in [1.82, 2.24) is 0 Å². The Labute approximate surface area is 129 Å². The molecule has 3 rings (SSSR count). The molecule has 0 saturated heterocycles. The minimum atomic E-state index is -0.134. The topological polar surface area (TPSA) is 45.0 Å². The molecule has 1 aliphatic rings. The van der Waals surface area contributed by atoms with Gasteiger partial charge < -0.3 is 4.90 Å². The molecule has 0 aromatic heterocycles. The first kappa shape index (κ1) is 13.9. The van der Waals surface area contributed by atoms with E-state index in [2.05, 4.69) is 10.2 Å². The summed E-state index contributed by atoms with van der Waals surface area (Å²) in [5.41, 5.74) is 3.14. The molecule has 0 N–H and O–H groups in total. The molecule has 4 heteroatoms. The number of hydrogen-bond donors (Lipinski definition) is 0. The third-order valence-corrected chi connectivity index (χ3v) is 3.43. The molecule has 4 nitrogen and oxygen atoms in total. The number of anilines is 1. The molecule has 0 spiro atoms. The zero-order valence-electron chi connectivity index (χ0n) is 12.2. The zero-order valence-corrected chi connectivity index (χ0v) is 12.2. The van der Waals surface area contributed by atoms with Gasteiger partial charge in [-0.2, -0.15) is 5.10 Å². The van der Waals surface area contributed by atoms with Gasteiger partial charge in [-0.3, -0.25) is 4.79 Å². The fraction of sp³-hybridized carbons (Fsp3) is 0.0556. The van der Waals surface area contributed by atoms with Gasteiger partial charge in [-0.05, 0) is 17.7 Å². The van der Waals surface area contributed by atoms with Crippen LogP contribution in [0.25, 0.3) is 6.08 Å². The van der Waals surface area contributed by atoms with Crippen LogP contribution in [0.3, 0.4) is 0 Å². The summed E-state index contributed by atoms with van der Waals surface area (Å²) in [6.45, 7) is 0. The van der Waals surface area contributed by atoms with Crippen LogP contribution in [0, 0.1) is 0 Å². The summed E-state index contributed by atoms with van der Waals surface area (Å²) in [5, 5.41) is 8.05. The molecule has 1 amide bonds. The van der Waals surface area contributed by atoms with Gasteiger partial charge in [-0.15, -0.1) is 5.10 Å². The van der Waals surface area contributed by atoms with Crippen molar-refractivity contribution >= 4 is 29.6 Å². The number of likely N-dealkylation sites (N-methyl/N-ethyl adjacent to an activating group) is 1. The quantitative estimate of drug-likeness (QED) is 0.632. The lowest BCUT2D eigenvalue weighted by Crippen LogP contribution is -2.25. The zero-order chi connectivity index (χ0) is 15.4. The Morgan fingerprint density at radius 1 is 1.00 bits per heavy atom. The number of fused-ring (bicyclic) bond motifs is 1. The van der Waals surface area contributed by atoms with E-state index in [9.17, 15) is 4.79 Å². The molecular weight excluding hydrogens is 274 g/mol. The fourth-order valence-corrected chi connectivity index (χ4v) is 2.29. The molecule has 0 saturated carbocycles. The second-order valence-electron chi connectivity index (χ2n) is 4.86. The molecule has 108 valence electrons. The van der Waals surface area contributed by atoms with Gasteiger partial charge in [0, 0.05) is 18.8 Å². The average molecular weight is 289 g/mol. The Morgan fingerprint density at radius 2 is 1.73 bits per heavy atom. The summed E-state index contributed by atoms with van der Waals surface area (Å²) in [4.78, 5) is 13.7. The van der Waals surface area contributed by atoms with Gasteiger partial charge in [-0.1, -0.05) is 54.6 Å². The van der Waals surface area contributed by atoms with Crippen LogP contribution in [0.4, 0.5) is 5.69 Å². The first-order valence-corrected chi connectivity index (χ1v) is 6.97. The molecule has 1 aliphatic heterocycles. The number of rotatable bonds is 3. The van der Waals surface area contributed by atoms with Crippen LogP contribution in [-0.4, -0.2) is 24.9 Å². The number of amides is 1. The fourth-order valence-electron chi connectivity index (χ4n) is 2.29. The van der Waals surface area contributed by atoms with Gasteiger partial charge in [0.15, 0.2) is 5.71 Å². The molecule has 2 aromatic carbocycles. The Bertz CT molecular complexity index is 776. The maximum Gasteiger partial charge on any atom is 0.279 e. The number of allylic oxidation sites excluding steroid dienone is 1. The van der Waals surface area contributed by atoms with Crippen LogP contribution >= 0.6 is 0 Å². The summed E-state index contributed by atoms with van der Waals surface area (Å²) in [5.74, 6) is -0.134. The number of hydrogen-bond acceptors (Lipinski definition) is 3. The highest BCUT2D eigenvalue weighted by atomic mass is 16.2. The number of para-hydroxylation sites is 1. The Kier molecular flexibility index (Phi) is 3.92. The van der Waals surface area contributed by atoms with Crippen molar-refractivity contribution in [3.63, 3.8) is 0 Å². The number of carbonyl (C=O) groups excluding carboxylic acids is 1. The predicted octanol–water partition coefficient (Wildman–Crippen LogP) is 3.15. The molecule has 22 heavy (non-hydrogen) atoms. The lowest BCUT2D eigenvalue weighted by molar-refractivity contribution is -0.111. The molecule has 1 heterocycles. The van der Waals surface area contributed by atoms with Crippen LogP contribution in [0.15, 0.2) is 70.9 Å². The first-order chi connectivity index (χ1) is 10.8. The maximum absolute atomic E-state index is 12.2. The summed E-state index contributed by atoms with van der Waals surface area (Å²) in [7, 11) is 1.74. The van der Waals surface area contributed by atoms with Crippen molar-refractivity contribution < 1.29 is 4.79 Å². The Balaban J connectivity index is 1.77. The summed E-state index contributed by atoms with van der Waals surface area (Å²) in [6, 6.07) is 17.5. The predicted molar refractivity (Wildman–Crippen MR) is 90.4 cm³/mol. The smallest absolute Gasteiger partial charge is 0.279 e. The van der Waals surface area contributed by atoms with Gasteiger partial charge in [0.25, 0.3) is 5.91 Å². The molecule has 0 radical (unpaired) electrons. The second kappa shape index (κ2) is 6.18. The Morgan fingerprint density at radius 3 is 2.55 bits per heavy atom. The summed E-state index contributed by atoms with van der Waals surface area (Å²) >= 11 is 0. The van der Waals surface area contributed by atoms with E-state index in [1.807, 2.05) is 60.7 Å². The van der Waals surface area contributed by atoms with Gasteiger partial charge in [-0.25, -0.2) is 0 Å². The molecule has 0 unspecified atom stereocenters. The van der Waals surface area contributed by atoms with E-state index in [-0.39, 0.29) is 5.91 Å². The minimum absolute atomic E-state index is 0.134. The third kappa shape index (κ3) is 2.72. The van der Waals surface area contributed by atoms with E-state index >= 15 is 0 Å². The van der Waals surface area contributed by atoms with Crippen molar-refractivity contribution in [1.29, 1.82) is 0 Å². The molecule has 0 aliphatic carbocycles. The molecule has 0 bridgehead atoms. The van der Waals surface area contributed by atoms with Crippen LogP contribution in [0.5, 0.6) is 0 Å². The minimum Gasteiger partial charge on any atom is -0.309 e. The normalized spacial score (nSPS) is 16.1. The van der Waals surface area contributed by atoms with Crippen molar-refractivity contribution in [2.24, 2.45) is 10.2 Å².